The van der Waals surface area contributed by atoms with Crippen LogP contribution >= 0.6 is 11.3 Å². The molecule has 5 heteroatoms. The molecule has 1 aliphatic rings. The Bertz CT molecular complexity index is 367. The van der Waals surface area contributed by atoms with Gasteiger partial charge in [-0.3, -0.25) is 0 Å². The first kappa shape index (κ1) is 14.9. The molecule has 1 saturated carbocycles. The molecule has 0 amide bonds. The predicted molar refractivity (Wildman–Crippen MR) is 72.4 cm³/mol. The number of halogens is 3. The third kappa shape index (κ3) is 3.96. The molecule has 0 saturated heterocycles. The average Bonchev–Trinajstić information content (AvgIpc) is 2.88. The highest BCUT2D eigenvalue weighted by Gasteiger charge is 2.42. The van der Waals surface area contributed by atoms with E-state index in [0.717, 1.165) is 6.42 Å². The minimum absolute atomic E-state index is 0.288. The topological polar surface area (TPSA) is 12.0 Å². The Labute approximate surface area is 116 Å². The molecule has 1 aliphatic carbocycles. The van der Waals surface area contributed by atoms with Crippen molar-refractivity contribution in [2.75, 3.05) is 7.05 Å². The summed E-state index contributed by atoms with van der Waals surface area (Å²) in [6.07, 6.45) is -1.14. The fourth-order valence-electron chi connectivity index (χ4n) is 3.00. The second kappa shape index (κ2) is 6.27. The highest BCUT2D eigenvalue weighted by Crippen LogP contribution is 2.40. The lowest BCUT2D eigenvalue weighted by Crippen LogP contribution is -2.39. The smallest absolute Gasteiger partial charge is 0.316 e. The molecule has 19 heavy (non-hydrogen) atoms. The molecule has 1 heterocycles. The molecule has 1 unspecified atom stereocenters. The molecule has 0 radical (unpaired) electrons. The SMILES string of the molecule is CNC(Cc1cccs1)C1CCC(C(F)(F)F)CC1. The molecule has 1 aromatic heterocycles. The molecular formula is C14H20F3NS. The van der Waals surface area contributed by atoms with Crippen LogP contribution in [0.3, 0.4) is 0 Å². The van der Waals surface area contributed by atoms with Gasteiger partial charge in [-0.2, -0.15) is 13.2 Å². The van der Waals surface area contributed by atoms with Crippen LogP contribution in [0.5, 0.6) is 0 Å². The Morgan fingerprint density at radius 2 is 2.00 bits per heavy atom. The second-order valence-electron chi connectivity index (χ2n) is 5.33. The lowest BCUT2D eigenvalue weighted by atomic mass is 9.77. The van der Waals surface area contributed by atoms with Crippen LogP contribution in [-0.4, -0.2) is 19.3 Å². The van der Waals surface area contributed by atoms with Crippen LogP contribution in [0.25, 0.3) is 0 Å². The first-order chi connectivity index (χ1) is 9.00. The minimum atomic E-state index is -4.01. The zero-order valence-electron chi connectivity index (χ0n) is 11.0. The monoisotopic (exact) mass is 291 g/mol. The van der Waals surface area contributed by atoms with Crippen molar-refractivity contribution in [1.82, 2.24) is 5.32 Å². The third-order valence-electron chi connectivity index (χ3n) is 4.18. The first-order valence-electron chi connectivity index (χ1n) is 6.77. The van der Waals surface area contributed by atoms with E-state index in [9.17, 15) is 13.2 Å². The van der Waals surface area contributed by atoms with Crippen LogP contribution < -0.4 is 5.32 Å². The highest BCUT2D eigenvalue weighted by molar-refractivity contribution is 7.09. The minimum Gasteiger partial charge on any atom is -0.316 e. The number of rotatable bonds is 4. The van der Waals surface area contributed by atoms with Crippen molar-refractivity contribution in [3.8, 4) is 0 Å². The van der Waals surface area contributed by atoms with E-state index < -0.39 is 12.1 Å². The van der Waals surface area contributed by atoms with Crippen LogP contribution in [0.15, 0.2) is 17.5 Å². The maximum atomic E-state index is 12.6. The lowest BCUT2D eigenvalue weighted by molar-refractivity contribution is -0.184. The van der Waals surface area contributed by atoms with Crippen molar-refractivity contribution in [2.45, 2.75) is 44.3 Å². The van der Waals surface area contributed by atoms with Gasteiger partial charge in [-0.05, 0) is 56.5 Å². The molecule has 0 spiro atoms. The summed E-state index contributed by atoms with van der Waals surface area (Å²) >= 11 is 1.72. The molecule has 1 nitrogen and oxygen atoms in total. The molecule has 0 aromatic carbocycles. The number of hydrogen-bond acceptors (Lipinski definition) is 2. The standard InChI is InChI=1S/C14H20F3NS/c1-18-13(9-12-3-2-8-19-12)10-4-6-11(7-5-10)14(15,16)17/h2-3,8,10-11,13,18H,4-7,9H2,1H3. The van der Waals surface area contributed by atoms with Crippen LogP contribution in [0.2, 0.25) is 0 Å². The number of alkyl halides is 3. The zero-order valence-corrected chi connectivity index (χ0v) is 11.9. The van der Waals surface area contributed by atoms with E-state index in [1.807, 2.05) is 18.5 Å². The number of thiophene rings is 1. The van der Waals surface area contributed by atoms with Gasteiger partial charge in [-0.25, -0.2) is 0 Å². The van der Waals surface area contributed by atoms with E-state index in [4.69, 9.17) is 0 Å². The molecule has 0 aliphatic heterocycles. The Morgan fingerprint density at radius 1 is 1.32 bits per heavy atom. The quantitative estimate of drug-likeness (QED) is 0.874. The summed E-state index contributed by atoms with van der Waals surface area (Å²) in [4.78, 5) is 1.30. The van der Waals surface area contributed by atoms with E-state index in [1.54, 1.807) is 11.3 Å². The van der Waals surface area contributed by atoms with Gasteiger partial charge in [0.2, 0.25) is 0 Å². The summed E-state index contributed by atoms with van der Waals surface area (Å²) in [5.41, 5.74) is 0. The van der Waals surface area contributed by atoms with Crippen LogP contribution in [-0.2, 0) is 6.42 Å². The average molecular weight is 291 g/mol. The Balaban J connectivity index is 1.88. The summed E-state index contributed by atoms with van der Waals surface area (Å²) in [6.45, 7) is 0. The van der Waals surface area contributed by atoms with E-state index in [2.05, 4.69) is 11.4 Å². The van der Waals surface area contributed by atoms with Gasteiger partial charge < -0.3 is 5.32 Å². The molecule has 1 N–H and O–H groups in total. The molecule has 1 fully saturated rings. The Hall–Kier alpha value is -0.550. The molecular weight excluding hydrogens is 271 g/mol. The number of likely N-dealkylation sites (N-methyl/N-ethyl adjacent to an activating group) is 1. The highest BCUT2D eigenvalue weighted by atomic mass is 32.1. The van der Waals surface area contributed by atoms with E-state index >= 15 is 0 Å². The van der Waals surface area contributed by atoms with Crippen molar-refractivity contribution in [3.63, 3.8) is 0 Å². The first-order valence-corrected chi connectivity index (χ1v) is 7.65. The van der Waals surface area contributed by atoms with Crippen LogP contribution in [0.1, 0.15) is 30.6 Å². The summed E-state index contributed by atoms with van der Waals surface area (Å²) in [5, 5.41) is 5.33. The third-order valence-corrected chi connectivity index (χ3v) is 5.07. The zero-order chi connectivity index (χ0) is 13.9. The molecule has 108 valence electrons. The summed E-state index contributed by atoms with van der Waals surface area (Å²) in [7, 11) is 1.91. The molecule has 2 rings (SSSR count). The summed E-state index contributed by atoms with van der Waals surface area (Å²) < 4.78 is 37.9. The van der Waals surface area contributed by atoms with Crippen LogP contribution in [0.4, 0.5) is 13.2 Å². The van der Waals surface area contributed by atoms with Gasteiger partial charge >= 0.3 is 6.18 Å². The number of nitrogens with one attached hydrogen (secondary N) is 1. The lowest BCUT2D eigenvalue weighted by Gasteiger charge is -2.34. The molecule has 1 aromatic rings. The maximum absolute atomic E-state index is 12.6. The van der Waals surface area contributed by atoms with Crippen LogP contribution in [0, 0.1) is 11.8 Å². The maximum Gasteiger partial charge on any atom is 0.391 e. The van der Waals surface area contributed by atoms with Gasteiger partial charge in [0, 0.05) is 10.9 Å². The van der Waals surface area contributed by atoms with Gasteiger partial charge in [0.25, 0.3) is 0 Å². The van der Waals surface area contributed by atoms with E-state index in [1.165, 1.54) is 4.88 Å². The van der Waals surface area contributed by atoms with Crippen molar-refractivity contribution in [3.05, 3.63) is 22.4 Å². The van der Waals surface area contributed by atoms with Crippen molar-refractivity contribution in [2.24, 2.45) is 11.8 Å². The van der Waals surface area contributed by atoms with E-state index in [0.29, 0.717) is 24.8 Å². The van der Waals surface area contributed by atoms with Gasteiger partial charge in [0.05, 0.1) is 5.92 Å². The van der Waals surface area contributed by atoms with Crippen molar-refractivity contribution >= 4 is 11.3 Å². The predicted octanol–water partition coefficient (Wildman–Crippen LogP) is 4.25. The van der Waals surface area contributed by atoms with Crippen molar-refractivity contribution < 1.29 is 13.2 Å². The molecule has 0 bridgehead atoms. The Kier molecular flexibility index (Phi) is 4.90. The Morgan fingerprint density at radius 3 is 2.47 bits per heavy atom. The number of hydrogen-bond donors (Lipinski definition) is 1. The van der Waals surface area contributed by atoms with Gasteiger partial charge in [0.1, 0.15) is 0 Å². The second-order valence-corrected chi connectivity index (χ2v) is 6.36. The summed E-state index contributed by atoms with van der Waals surface area (Å²) in [5.74, 6) is -0.714. The fraction of sp³-hybridized carbons (Fsp3) is 0.714. The largest absolute Gasteiger partial charge is 0.391 e. The normalized spacial score (nSPS) is 26.3. The van der Waals surface area contributed by atoms with Crippen molar-refractivity contribution in [1.29, 1.82) is 0 Å². The van der Waals surface area contributed by atoms with E-state index in [-0.39, 0.29) is 12.8 Å². The fourth-order valence-corrected chi connectivity index (χ4v) is 3.76. The van der Waals surface area contributed by atoms with Gasteiger partial charge in [-0.1, -0.05) is 6.07 Å². The van der Waals surface area contributed by atoms with Gasteiger partial charge in [-0.15, -0.1) is 11.3 Å². The molecule has 1 atom stereocenters. The van der Waals surface area contributed by atoms with Gasteiger partial charge in [0.15, 0.2) is 0 Å². The summed E-state index contributed by atoms with van der Waals surface area (Å²) in [6, 6.07) is 4.41.